The SMILES string of the molecule is C=CC1CCC(C2CCC(C(=O)c3ccc(C)c(F)c3F)CC2)CC1. The molecule has 0 N–H and O–H groups in total. The van der Waals surface area contributed by atoms with E-state index < -0.39 is 11.6 Å². The van der Waals surface area contributed by atoms with Gasteiger partial charge in [0.15, 0.2) is 17.4 Å². The first-order valence-corrected chi connectivity index (χ1v) is 9.62. The summed E-state index contributed by atoms with van der Waals surface area (Å²) in [5.74, 6) is -0.111. The molecule has 2 saturated carbocycles. The fourth-order valence-electron chi connectivity index (χ4n) is 4.76. The van der Waals surface area contributed by atoms with Crippen LogP contribution in [0.25, 0.3) is 0 Å². The molecule has 0 atom stereocenters. The first kappa shape index (κ1) is 18.3. The van der Waals surface area contributed by atoms with Crippen molar-refractivity contribution in [3.05, 3.63) is 47.5 Å². The fraction of sp³-hybridized carbons (Fsp3) is 0.591. The number of halogens is 2. The molecular weight excluding hydrogens is 318 g/mol. The third-order valence-corrected chi connectivity index (χ3v) is 6.50. The molecule has 136 valence electrons. The van der Waals surface area contributed by atoms with Crippen LogP contribution in [0.3, 0.4) is 0 Å². The summed E-state index contributed by atoms with van der Waals surface area (Å²) in [6.07, 6.45) is 10.8. The first-order valence-electron chi connectivity index (χ1n) is 9.62. The largest absolute Gasteiger partial charge is 0.294 e. The quantitative estimate of drug-likeness (QED) is 0.465. The predicted molar refractivity (Wildman–Crippen MR) is 96.5 cm³/mol. The highest BCUT2D eigenvalue weighted by Crippen LogP contribution is 2.42. The third kappa shape index (κ3) is 3.86. The summed E-state index contributed by atoms with van der Waals surface area (Å²) in [5, 5.41) is 0. The van der Waals surface area contributed by atoms with E-state index in [1.54, 1.807) is 0 Å². The Bertz CT molecular complexity index is 636. The number of rotatable bonds is 4. The van der Waals surface area contributed by atoms with Crippen LogP contribution >= 0.6 is 0 Å². The summed E-state index contributed by atoms with van der Waals surface area (Å²) >= 11 is 0. The maximum atomic E-state index is 14.1. The van der Waals surface area contributed by atoms with Gasteiger partial charge in [-0.3, -0.25) is 4.79 Å². The normalized spacial score (nSPS) is 30.0. The lowest BCUT2D eigenvalue weighted by atomic mass is 9.68. The predicted octanol–water partition coefficient (Wildman–Crippen LogP) is 6.25. The highest BCUT2D eigenvalue weighted by atomic mass is 19.2. The second-order valence-corrected chi connectivity index (χ2v) is 7.94. The number of allylic oxidation sites excluding steroid dienone is 1. The van der Waals surface area contributed by atoms with Gasteiger partial charge in [-0.05, 0) is 87.7 Å². The molecule has 0 radical (unpaired) electrons. The van der Waals surface area contributed by atoms with Crippen molar-refractivity contribution in [2.75, 3.05) is 0 Å². The molecule has 0 saturated heterocycles. The zero-order valence-corrected chi connectivity index (χ0v) is 15.1. The summed E-state index contributed by atoms with van der Waals surface area (Å²) < 4.78 is 27.9. The average molecular weight is 346 g/mol. The highest BCUT2D eigenvalue weighted by Gasteiger charge is 2.33. The van der Waals surface area contributed by atoms with Crippen molar-refractivity contribution in [1.82, 2.24) is 0 Å². The molecular formula is C22H28F2O. The van der Waals surface area contributed by atoms with Crippen LogP contribution in [0, 0.1) is 42.2 Å². The van der Waals surface area contributed by atoms with Gasteiger partial charge in [0.05, 0.1) is 5.56 Å². The summed E-state index contributed by atoms with van der Waals surface area (Å²) in [6, 6.07) is 2.94. The Kier molecular flexibility index (Phi) is 5.71. The number of hydrogen-bond acceptors (Lipinski definition) is 1. The van der Waals surface area contributed by atoms with Crippen LogP contribution in [0.2, 0.25) is 0 Å². The van der Waals surface area contributed by atoms with E-state index in [4.69, 9.17) is 0 Å². The lowest BCUT2D eigenvalue weighted by Crippen LogP contribution is -2.28. The van der Waals surface area contributed by atoms with Gasteiger partial charge < -0.3 is 0 Å². The van der Waals surface area contributed by atoms with Gasteiger partial charge in [-0.2, -0.15) is 0 Å². The molecule has 3 heteroatoms. The van der Waals surface area contributed by atoms with E-state index in [1.165, 1.54) is 44.7 Å². The van der Waals surface area contributed by atoms with Crippen molar-refractivity contribution in [3.63, 3.8) is 0 Å². The van der Waals surface area contributed by atoms with Crippen molar-refractivity contribution >= 4 is 5.78 Å². The van der Waals surface area contributed by atoms with Gasteiger partial charge in [-0.25, -0.2) is 8.78 Å². The summed E-state index contributed by atoms with van der Waals surface area (Å²) in [6.45, 7) is 5.42. The standard InChI is InChI=1S/C22H28F2O/c1-3-15-5-7-16(8-6-15)17-9-11-18(12-10-17)22(25)19-13-4-14(2)20(23)21(19)24/h3-4,13,15-18H,1,5-12H2,2H3. The van der Waals surface area contributed by atoms with Crippen LogP contribution in [0.5, 0.6) is 0 Å². The topological polar surface area (TPSA) is 17.1 Å². The van der Waals surface area contributed by atoms with Gasteiger partial charge in [0, 0.05) is 5.92 Å². The number of hydrogen-bond donors (Lipinski definition) is 0. The van der Waals surface area contributed by atoms with Crippen LogP contribution < -0.4 is 0 Å². The van der Waals surface area contributed by atoms with Gasteiger partial charge >= 0.3 is 0 Å². The van der Waals surface area contributed by atoms with E-state index in [2.05, 4.69) is 12.7 Å². The molecule has 0 unspecified atom stereocenters. The minimum Gasteiger partial charge on any atom is -0.294 e. The number of carbonyl (C=O) groups is 1. The monoisotopic (exact) mass is 346 g/mol. The van der Waals surface area contributed by atoms with E-state index in [9.17, 15) is 13.6 Å². The van der Waals surface area contributed by atoms with Crippen LogP contribution in [0.1, 0.15) is 67.3 Å². The molecule has 1 aromatic rings. The number of aryl methyl sites for hydroxylation is 1. The van der Waals surface area contributed by atoms with E-state index in [1.807, 2.05) is 0 Å². The number of carbonyl (C=O) groups excluding carboxylic acids is 1. The van der Waals surface area contributed by atoms with Crippen LogP contribution in [-0.2, 0) is 0 Å². The van der Waals surface area contributed by atoms with Crippen LogP contribution in [0.15, 0.2) is 24.8 Å². The van der Waals surface area contributed by atoms with Crippen molar-refractivity contribution in [2.45, 2.75) is 58.3 Å². The molecule has 0 aliphatic heterocycles. The molecule has 2 aliphatic carbocycles. The second kappa shape index (κ2) is 7.80. The molecule has 0 bridgehead atoms. The fourth-order valence-corrected chi connectivity index (χ4v) is 4.76. The Morgan fingerprint density at radius 3 is 2.08 bits per heavy atom. The van der Waals surface area contributed by atoms with Gasteiger partial charge in [0.25, 0.3) is 0 Å². The maximum Gasteiger partial charge on any atom is 0.169 e. The Hall–Kier alpha value is -1.51. The first-order chi connectivity index (χ1) is 12.0. The van der Waals surface area contributed by atoms with Gasteiger partial charge in [0.2, 0.25) is 0 Å². The van der Waals surface area contributed by atoms with E-state index in [0.717, 1.165) is 31.6 Å². The van der Waals surface area contributed by atoms with E-state index in [-0.39, 0.29) is 22.8 Å². The number of benzene rings is 1. The second-order valence-electron chi connectivity index (χ2n) is 7.94. The molecule has 3 rings (SSSR count). The van der Waals surface area contributed by atoms with Gasteiger partial charge in [0.1, 0.15) is 0 Å². The molecule has 0 spiro atoms. The Balaban J connectivity index is 1.58. The Morgan fingerprint density at radius 2 is 1.52 bits per heavy atom. The van der Waals surface area contributed by atoms with Crippen molar-refractivity contribution in [1.29, 1.82) is 0 Å². The summed E-state index contributed by atoms with van der Waals surface area (Å²) in [4.78, 5) is 12.6. The smallest absolute Gasteiger partial charge is 0.169 e. The molecule has 1 aromatic carbocycles. The summed E-state index contributed by atoms with van der Waals surface area (Å²) in [5.41, 5.74) is 0.172. The highest BCUT2D eigenvalue weighted by molar-refractivity contribution is 5.98. The van der Waals surface area contributed by atoms with Gasteiger partial charge in [-0.15, -0.1) is 6.58 Å². The zero-order valence-electron chi connectivity index (χ0n) is 15.1. The minimum atomic E-state index is -0.977. The third-order valence-electron chi connectivity index (χ3n) is 6.50. The van der Waals surface area contributed by atoms with E-state index >= 15 is 0 Å². The zero-order chi connectivity index (χ0) is 18.0. The Morgan fingerprint density at radius 1 is 0.960 bits per heavy atom. The lowest BCUT2D eigenvalue weighted by molar-refractivity contribution is 0.0829. The lowest BCUT2D eigenvalue weighted by Gasteiger charge is -2.37. The van der Waals surface area contributed by atoms with Crippen molar-refractivity contribution in [3.8, 4) is 0 Å². The molecule has 25 heavy (non-hydrogen) atoms. The van der Waals surface area contributed by atoms with Crippen molar-refractivity contribution < 1.29 is 13.6 Å². The molecule has 1 nitrogen and oxygen atoms in total. The average Bonchev–Trinajstić information content (AvgIpc) is 2.66. The summed E-state index contributed by atoms with van der Waals surface area (Å²) in [7, 11) is 0. The Labute approximate surface area is 149 Å². The van der Waals surface area contributed by atoms with Gasteiger partial charge in [-0.1, -0.05) is 12.1 Å². The maximum absolute atomic E-state index is 14.1. The van der Waals surface area contributed by atoms with Crippen LogP contribution in [0.4, 0.5) is 8.78 Å². The van der Waals surface area contributed by atoms with Crippen molar-refractivity contribution in [2.24, 2.45) is 23.7 Å². The minimum absolute atomic E-state index is 0.0713. The molecule has 0 heterocycles. The molecule has 0 aromatic heterocycles. The molecule has 2 fully saturated rings. The van der Waals surface area contributed by atoms with Crippen LogP contribution in [-0.4, -0.2) is 5.78 Å². The van der Waals surface area contributed by atoms with E-state index in [0.29, 0.717) is 11.8 Å². The molecule has 2 aliphatic rings. The number of ketones is 1. The molecule has 0 amide bonds. The number of Topliss-reactive ketones (excluding diaryl/α,β-unsaturated/α-hetero) is 1.